The molecule has 0 aliphatic carbocycles. The van der Waals surface area contributed by atoms with Gasteiger partial charge in [-0.15, -0.1) is 35.6 Å². The maximum atomic E-state index is 5.79. The molecule has 0 unspecified atom stereocenters. The summed E-state index contributed by atoms with van der Waals surface area (Å²) in [5, 5.41) is 0. The van der Waals surface area contributed by atoms with Crippen LogP contribution in [0.4, 0.5) is 0 Å². The lowest BCUT2D eigenvalue weighted by molar-refractivity contribution is 0.385. The Kier molecular flexibility index (Phi) is 10.6. The van der Waals surface area contributed by atoms with Crippen LogP contribution in [0, 0.1) is 0 Å². The molecule has 0 spiro atoms. The lowest BCUT2D eigenvalue weighted by Crippen LogP contribution is -2.18. The van der Waals surface area contributed by atoms with Crippen LogP contribution in [0.2, 0.25) is 0 Å². The predicted octanol–water partition coefficient (Wildman–Crippen LogP) is 2.55. The molecule has 0 radical (unpaired) electrons. The number of alkyl halides is 2. The molecule has 1 heterocycles. The monoisotopic (exact) mass is 205 g/mol. The molecule has 0 N–H and O–H groups in total. The van der Waals surface area contributed by atoms with Crippen molar-refractivity contribution in [3.05, 3.63) is 0 Å². The molecule has 1 saturated heterocycles. The van der Waals surface area contributed by atoms with Crippen LogP contribution < -0.4 is 0 Å². The number of nitrogens with zero attached hydrogens (tertiary/aromatic N) is 1. The second-order valence-corrected chi connectivity index (χ2v) is 2.56. The fourth-order valence-corrected chi connectivity index (χ4v) is 1.12. The standard InChI is InChI=1S/C5H10ClN.CH3Cl.ClH/c1-7-4-2-3-5(7)6;1-2;/h5H,2-4H2,1H3;1H3;1H/t5-;;/m1../s1. The summed E-state index contributed by atoms with van der Waals surface area (Å²) in [5.41, 5.74) is 0.319. The molecular formula is C6H14Cl3N. The van der Waals surface area contributed by atoms with Crippen LogP contribution in [-0.2, 0) is 0 Å². The van der Waals surface area contributed by atoms with E-state index in [1.807, 2.05) is 0 Å². The highest BCUT2D eigenvalue weighted by atomic mass is 35.5. The van der Waals surface area contributed by atoms with Crippen LogP contribution >= 0.6 is 35.6 Å². The average Bonchev–Trinajstić information content (AvgIpc) is 2.23. The molecule has 0 bridgehead atoms. The van der Waals surface area contributed by atoms with E-state index in [-0.39, 0.29) is 12.4 Å². The number of likely N-dealkylation sites (tertiary alicyclic amines) is 1. The molecular weight excluding hydrogens is 192 g/mol. The maximum absolute atomic E-state index is 5.79. The fourth-order valence-electron chi connectivity index (χ4n) is 0.870. The van der Waals surface area contributed by atoms with E-state index < -0.39 is 0 Å². The second-order valence-electron chi connectivity index (χ2n) is 2.06. The average molecular weight is 207 g/mol. The van der Waals surface area contributed by atoms with Crippen molar-refractivity contribution in [1.82, 2.24) is 4.90 Å². The number of hydrogen-bond donors (Lipinski definition) is 0. The minimum absolute atomic E-state index is 0. The first-order valence-corrected chi connectivity index (χ1v) is 4.22. The van der Waals surface area contributed by atoms with E-state index in [9.17, 15) is 0 Å². The van der Waals surface area contributed by atoms with Crippen molar-refractivity contribution in [2.45, 2.75) is 18.3 Å². The molecule has 0 aromatic carbocycles. The molecule has 10 heavy (non-hydrogen) atoms. The van der Waals surface area contributed by atoms with Gasteiger partial charge < -0.3 is 0 Å². The fraction of sp³-hybridized carbons (Fsp3) is 1.00. The third kappa shape index (κ3) is 4.62. The van der Waals surface area contributed by atoms with Crippen molar-refractivity contribution in [3.8, 4) is 0 Å². The zero-order valence-electron chi connectivity index (χ0n) is 6.31. The molecule has 0 aromatic heterocycles. The molecule has 1 nitrogen and oxygen atoms in total. The smallest absolute Gasteiger partial charge is 0.0848 e. The Morgan fingerprint density at radius 1 is 1.40 bits per heavy atom. The van der Waals surface area contributed by atoms with Crippen molar-refractivity contribution < 1.29 is 0 Å². The maximum Gasteiger partial charge on any atom is 0.0848 e. The molecule has 0 saturated carbocycles. The Balaban J connectivity index is 0. The summed E-state index contributed by atoms with van der Waals surface area (Å²) in [5.74, 6) is 0. The van der Waals surface area contributed by atoms with Gasteiger partial charge in [0.15, 0.2) is 0 Å². The van der Waals surface area contributed by atoms with Gasteiger partial charge >= 0.3 is 0 Å². The first-order chi connectivity index (χ1) is 4.30. The lowest BCUT2D eigenvalue weighted by Gasteiger charge is -2.09. The molecule has 1 fully saturated rings. The van der Waals surface area contributed by atoms with Gasteiger partial charge in [0.25, 0.3) is 0 Å². The number of rotatable bonds is 0. The molecule has 1 aliphatic heterocycles. The van der Waals surface area contributed by atoms with E-state index in [0.29, 0.717) is 5.50 Å². The van der Waals surface area contributed by atoms with Gasteiger partial charge in [0.05, 0.1) is 5.50 Å². The first kappa shape index (κ1) is 13.4. The highest BCUT2D eigenvalue weighted by Crippen LogP contribution is 2.16. The van der Waals surface area contributed by atoms with E-state index in [2.05, 4.69) is 23.5 Å². The third-order valence-electron chi connectivity index (χ3n) is 1.43. The van der Waals surface area contributed by atoms with Crippen LogP contribution in [-0.4, -0.2) is 30.4 Å². The van der Waals surface area contributed by atoms with E-state index in [1.54, 1.807) is 0 Å². The van der Waals surface area contributed by atoms with Gasteiger partial charge in [0, 0.05) is 6.38 Å². The highest BCUT2D eigenvalue weighted by Gasteiger charge is 2.16. The van der Waals surface area contributed by atoms with Crippen molar-refractivity contribution in [2.75, 3.05) is 20.0 Å². The molecule has 4 heteroatoms. The Morgan fingerprint density at radius 2 is 1.90 bits per heavy atom. The van der Waals surface area contributed by atoms with Crippen LogP contribution in [0.5, 0.6) is 0 Å². The predicted molar refractivity (Wildman–Crippen MR) is 50.5 cm³/mol. The quantitative estimate of drug-likeness (QED) is 0.435. The van der Waals surface area contributed by atoms with Crippen LogP contribution in [0.1, 0.15) is 12.8 Å². The zero-order chi connectivity index (χ0) is 7.28. The second kappa shape index (κ2) is 7.93. The largest absolute Gasteiger partial charge is 0.291 e. The molecule has 1 rings (SSSR count). The van der Waals surface area contributed by atoms with Gasteiger partial charge in [0.1, 0.15) is 0 Å². The minimum Gasteiger partial charge on any atom is -0.291 e. The topological polar surface area (TPSA) is 3.24 Å². The summed E-state index contributed by atoms with van der Waals surface area (Å²) in [4.78, 5) is 2.17. The van der Waals surface area contributed by atoms with E-state index in [4.69, 9.17) is 11.6 Å². The van der Waals surface area contributed by atoms with Gasteiger partial charge in [-0.3, -0.25) is 4.90 Å². The van der Waals surface area contributed by atoms with Crippen molar-refractivity contribution in [2.24, 2.45) is 0 Å². The Labute approximate surface area is 79.1 Å². The van der Waals surface area contributed by atoms with Crippen LogP contribution in [0.25, 0.3) is 0 Å². The summed E-state index contributed by atoms with van der Waals surface area (Å²) in [6.07, 6.45) is 3.91. The molecule has 0 amide bonds. The van der Waals surface area contributed by atoms with Gasteiger partial charge in [-0.05, 0) is 26.4 Å². The molecule has 0 aromatic rings. The zero-order valence-corrected chi connectivity index (χ0v) is 8.64. The normalized spacial score (nSPS) is 24.6. The summed E-state index contributed by atoms with van der Waals surface area (Å²) in [6, 6.07) is 0. The first-order valence-electron chi connectivity index (χ1n) is 3.03. The Hall–Kier alpha value is 0.830. The SMILES string of the molecule is CCl.CN1CCC[C@@H]1Cl.Cl. The third-order valence-corrected chi connectivity index (χ3v) is 1.98. The summed E-state index contributed by atoms with van der Waals surface area (Å²) in [6.45, 7) is 1.17. The molecule has 64 valence electrons. The summed E-state index contributed by atoms with van der Waals surface area (Å²) >= 11 is 10.4. The summed E-state index contributed by atoms with van der Waals surface area (Å²) in [7, 11) is 2.06. The van der Waals surface area contributed by atoms with Gasteiger partial charge in [0.2, 0.25) is 0 Å². The highest BCUT2D eigenvalue weighted by molar-refractivity contribution is 6.20. The van der Waals surface area contributed by atoms with Crippen LogP contribution in [0.15, 0.2) is 0 Å². The van der Waals surface area contributed by atoms with Crippen molar-refractivity contribution in [3.63, 3.8) is 0 Å². The van der Waals surface area contributed by atoms with E-state index in [1.165, 1.54) is 19.3 Å². The minimum atomic E-state index is 0. The van der Waals surface area contributed by atoms with E-state index >= 15 is 0 Å². The molecule has 1 atom stereocenters. The lowest BCUT2D eigenvalue weighted by atomic mass is 10.4. The van der Waals surface area contributed by atoms with Gasteiger partial charge in [-0.1, -0.05) is 0 Å². The molecule has 1 aliphatic rings. The Morgan fingerprint density at radius 3 is 2.00 bits per heavy atom. The summed E-state index contributed by atoms with van der Waals surface area (Å²) < 4.78 is 0. The van der Waals surface area contributed by atoms with Gasteiger partial charge in [-0.2, -0.15) is 0 Å². The van der Waals surface area contributed by atoms with Gasteiger partial charge in [-0.25, -0.2) is 0 Å². The number of hydrogen-bond acceptors (Lipinski definition) is 1. The van der Waals surface area contributed by atoms with Crippen molar-refractivity contribution in [1.29, 1.82) is 0 Å². The van der Waals surface area contributed by atoms with Crippen molar-refractivity contribution >= 4 is 35.6 Å². The van der Waals surface area contributed by atoms with E-state index in [0.717, 1.165) is 6.42 Å². The number of halogens is 3. The Bertz CT molecular complexity index is 62.0. The van der Waals surface area contributed by atoms with Crippen LogP contribution in [0.3, 0.4) is 0 Å².